The molecule has 0 N–H and O–H groups in total. The Morgan fingerprint density at radius 3 is 2.22 bits per heavy atom. The van der Waals surface area contributed by atoms with Crippen molar-refractivity contribution >= 4 is 0 Å². The molecular formula is C7H6N2. The molecule has 1 aliphatic rings. The van der Waals surface area contributed by atoms with Crippen LogP contribution in [-0.4, -0.2) is 0 Å². The van der Waals surface area contributed by atoms with Crippen molar-refractivity contribution in [1.82, 2.24) is 0 Å². The van der Waals surface area contributed by atoms with Gasteiger partial charge in [-0.25, -0.2) is 0 Å². The minimum absolute atomic E-state index is 0.118. The van der Waals surface area contributed by atoms with Crippen molar-refractivity contribution < 1.29 is 0 Å². The monoisotopic (exact) mass is 118 g/mol. The van der Waals surface area contributed by atoms with Gasteiger partial charge in [0.2, 0.25) is 0 Å². The third-order valence-corrected chi connectivity index (χ3v) is 1.70. The fraction of sp³-hybridized carbons (Fsp3) is 0.429. The lowest BCUT2D eigenvalue weighted by Crippen LogP contribution is -1.92. The van der Waals surface area contributed by atoms with Gasteiger partial charge in [-0.2, -0.15) is 10.5 Å². The zero-order chi connectivity index (χ0) is 6.91. The van der Waals surface area contributed by atoms with Gasteiger partial charge in [0.1, 0.15) is 0 Å². The van der Waals surface area contributed by atoms with E-state index in [0.29, 0.717) is 6.42 Å². The molecule has 44 valence electrons. The Hall–Kier alpha value is -1.28. The van der Waals surface area contributed by atoms with Crippen molar-refractivity contribution in [2.24, 2.45) is 11.3 Å². The van der Waals surface area contributed by atoms with E-state index in [1.54, 1.807) is 6.08 Å². The third-order valence-electron chi connectivity index (χ3n) is 1.70. The second-order valence-corrected chi connectivity index (χ2v) is 2.24. The molecule has 1 rings (SSSR count). The number of allylic oxidation sites excluding steroid dienone is 1. The summed E-state index contributed by atoms with van der Waals surface area (Å²) in [6.45, 7) is 3.51. The molecule has 0 aromatic rings. The Bertz CT molecular complexity index is 202. The van der Waals surface area contributed by atoms with Crippen LogP contribution < -0.4 is 0 Å². The predicted molar refractivity (Wildman–Crippen MR) is 32.0 cm³/mol. The van der Waals surface area contributed by atoms with Crippen LogP contribution in [0.15, 0.2) is 12.7 Å². The van der Waals surface area contributed by atoms with Gasteiger partial charge in [-0.05, 0) is 6.42 Å². The van der Waals surface area contributed by atoms with E-state index in [1.165, 1.54) is 0 Å². The molecule has 0 bridgehead atoms. The Morgan fingerprint density at radius 1 is 1.56 bits per heavy atom. The molecule has 0 aliphatic heterocycles. The molecule has 0 heterocycles. The van der Waals surface area contributed by atoms with Crippen LogP contribution in [0, 0.1) is 34.0 Å². The van der Waals surface area contributed by atoms with E-state index in [2.05, 4.69) is 6.58 Å². The molecule has 0 saturated heterocycles. The lowest BCUT2D eigenvalue weighted by molar-refractivity contribution is 0.827. The summed E-state index contributed by atoms with van der Waals surface area (Å²) >= 11 is 0. The molecule has 1 fully saturated rings. The highest BCUT2D eigenvalue weighted by molar-refractivity contribution is 5.31. The standard InChI is InChI=1S/C7H6N2/c1-2-6-3-7(6,4-8)5-9/h2,6H,1,3H2/t6-/m0/s1. The van der Waals surface area contributed by atoms with Crippen LogP contribution >= 0.6 is 0 Å². The summed E-state index contributed by atoms with van der Waals surface area (Å²) in [6, 6.07) is 3.94. The molecule has 0 amide bonds. The van der Waals surface area contributed by atoms with Crippen molar-refractivity contribution in [1.29, 1.82) is 10.5 Å². The van der Waals surface area contributed by atoms with E-state index in [9.17, 15) is 0 Å². The second-order valence-electron chi connectivity index (χ2n) is 2.24. The van der Waals surface area contributed by atoms with Crippen LogP contribution in [0.4, 0.5) is 0 Å². The summed E-state index contributed by atoms with van der Waals surface area (Å²) in [5, 5.41) is 16.9. The maximum atomic E-state index is 8.44. The highest BCUT2D eigenvalue weighted by Crippen LogP contribution is 2.51. The summed E-state index contributed by atoms with van der Waals surface area (Å²) in [7, 11) is 0. The smallest absolute Gasteiger partial charge is 0.150 e. The van der Waals surface area contributed by atoms with Crippen LogP contribution in [0.2, 0.25) is 0 Å². The maximum Gasteiger partial charge on any atom is 0.150 e. The molecule has 0 spiro atoms. The van der Waals surface area contributed by atoms with Crippen LogP contribution in [-0.2, 0) is 0 Å². The third kappa shape index (κ3) is 0.606. The Labute approximate surface area is 54.0 Å². The van der Waals surface area contributed by atoms with Crippen molar-refractivity contribution in [2.45, 2.75) is 6.42 Å². The number of hydrogen-bond acceptors (Lipinski definition) is 2. The zero-order valence-electron chi connectivity index (χ0n) is 4.96. The first kappa shape index (κ1) is 5.85. The van der Waals surface area contributed by atoms with Gasteiger partial charge in [-0.3, -0.25) is 0 Å². The summed E-state index contributed by atoms with van der Waals surface area (Å²) in [5.41, 5.74) is -0.707. The normalized spacial score (nSPS) is 27.6. The average Bonchev–Trinajstić information content (AvgIpc) is 2.63. The van der Waals surface area contributed by atoms with Gasteiger partial charge in [0, 0.05) is 5.92 Å². The Balaban J connectivity index is 2.74. The molecule has 0 aromatic heterocycles. The largest absolute Gasteiger partial charge is 0.197 e. The van der Waals surface area contributed by atoms with E-state index >= 15 is 0 Å². The minimum atomic E-state index is -0.707. The van der Waals surface area contributed by atoms with Gasteiger partial charge in [0.05, 0.1) is 12.1 Å². The van der Waals surface area contributed by atoms with E-state index < -0.39 is 5.41 Å². The highest BCUT2D eigenvalue weighted by Gasteiger charge is 2.54. The second kappa shape index (κ2) is 1.60. The van der Waals surface area contributed by atoms with E-state index in [4.69, 9.17) is 10.5 Å². The maximum absolute atomic E-state index is 8.44. The molecule has 1 aliphatic carbocycles. The summed E-state index contributed by atoms with van der Waals surface area (Å²) < 4.78 is 0. The van der Waals surface area contributed by atoms with E-state index in [0.717, 1.165) is 0 Å². The van der Waals surface area contributed by atoms with Gasteiger partial charge in [0.15, 0.2) is 5.41 Å². The molecular weight excluding hydrogens is 112 g/mol. The predicted octanol–water partition coefficient (Wildman–Crippen LogP) is 1.23. The average molecular weight is 118 g/mol. The number of nitriles is 2. The first-order valence-electron chi connectivity index (χ1n) is 2.74. The summed E-state index contributed by atoms with van der Waals surface area (Å²) in [6.07, 6.45) is 2.34. The van der Waals surface area contributed by atoms with Gasteiger partial charge in [0.25, 0.3) is 0 Å². The summed E-state index contributed by atoms with van der Waals surface area (Å²) in [4.78, 5) is 0. The zero-order valence-corrected chi connectivity index (χ0v) is 4.96. The van der Waals surface area contributed by atoms with Crippen molar-refractivity contribution in [3.63, 3.8) is 0 Å². The number of rotatable bonds is 1. The van der Waals surface area contributed by atoms with Crippen LogP contribution in [0.5, 0.6) is 0 Å². The molecule has 0 aromatic carbocycles. The van der Waals surface area contributed by atoms with Crippen molar-refractivity contribution in [2.75, 3.05) is 0 Å². The van der Waals surface area contributed by atoms with Gasteiger partial charge in [-0.1, -0.05) is 6.08 Å². The number of hydrogen-bond donors (Lipinski definition) is 0. The fourth-order valence-corrected chi connectivity index (χ4v) is 0.855. The van der Waals surface area contributed by atoms with Crippen LogP contribution in [0.1, 0.15) is 6.42 Å². The summed E-state index contributed by atoms with van der Waals surface area (Å²) in [5.74, 6) is 0.118. The van der Waals surface area contributed by atoms with Crippen molar-refractivity contribution in [3.8, 4) is 12.1 Å². The van der Waals surface area contributed by atoms with Crippen molar-refractivity contribution in [3.05, 3.63) is 12.7 Å². The highest BCUT2D eigenvalue weighted by atomic mass is 14.6. The molecule has 0 unspecified atom stereocenters. The molecule has 2 heteroatoms. The first-order valence-corrected chi connectivity index (χ1v) is 2.74. The van der Waals surface area contributed by atoms with Gasteiger partial charge < -0.3 is 0 Å². The SMILES string of the molecule is C=C[C@H]1CC1(C#N)C#N. The van der Waals surface area contributed by atoms with Gasteiger partial charge in [-0.15, -0.1) is 6.58 Å². The van der Waals surface area contributed by atoms with E-state index in [-0.39, 0.29) is 5.92 Å². The Kier molecular flexibility index (Phi) is 1.04. The molecule has 1 saturated carbocycles. The fourth-order valence-electron chi connectivity index (χ4n) is 0.855. The number of nitrogens with zero attached hydrogens (tertiary/aromatic N) is 2. The van der Waals surface area contributed by atoms with Crippen LogP contribution in [0.3, 0.4) is 0 Å². The van der Waals surface area contributed by atoms with Gasteiger partial charge >= 0.3 is 0 Å². The lowest BCUT2D eigenvalue weighted by atomic mass is 10.1. The van der Waals surface area contributed by atoms with Crippen LogP contribution in [0.25, 0.3) is 0 Å². The molecule has 0 radical (unpaired) electrons. The molecule has 1 atom stereocenters. The lowest BCUT2D eigenvalue weighted by Gasteiger charge is -1.86. The molecule has 9 heavy (non-hydrogen) atoms. The first-order chi connectivity index (χ1) is 4.29. The quantitative estimate of drug-likeness (QED) is 0.486. The minimum Gasteiger partial charge on any atom is -0.197 e. The van der Waals surface area contributed by atoms with E-state index in [1.807, 2.05) is 12.1 Å². The molecule has 2 nitrogen and oxygen atoms in total. The Morgan fingerprint density at radius 2 is 2.11 bits per heavy atom. The topological polar surface area (TPSA) is 47.6 Å².